The molecule has 2 N–H and O–H groups in total. The van der Waals surface area contributed by atoms with Crippen molar-refractivity contribution in [3.8, 4) is 32.6 Å². The summed E-state index contributed by atoms with van der Waals surface area (Å²) in [4.78, 5) is 41.8. The number of aromatic nitrogens is 4. The van der Waals surface area contributed by atoms with Gasteiger partial charge >= 0.3 is 11.9 Å². The van der Waals surface area contributed by atoms with Crippen LogP contribution in [-0.4, -0.2) is 55.3 Å². The third-order valence-electron chi connectivity index (χ3n) is 7.25. The molecule has 13 heteroatoms. The van der Waals surface area contributed by atoms with Gasteiger partial charge in [0.15, 0.2) is 22.9 Å². The van der Waals surface area contributed by atoms with Crippen molar-refractivity contribution in [1.29, 1.82) is 0 Å². The Morgan fingerprint density at radius 3 is 1.58 bits per heavy atom. The SMILES string of the molecule is CCOC(=O)c1nc(Br)c2sc(-c3ccccc3)nc2c1O.CCOC(=O)c1nc(Cc2ccccc2)c2sc(-c3ccccc3)nc2c1O. The molecule has 0 fully saturated rings. The Hall–Kier alpha value is -5.24. The minimum atomic E-state index is -0.670. The van der Waals surface area contributed by atoms with Gasteiger partial charge in [0.25, 0.3) is 0 Å². The fraction of sp³-hybridized carbons (Fsp3) is 0.135. The van der Waals surface area contributed by atoms with Gasteiger partial charge in [-0.25, -0.2) is 29.5 Å². The Labute approximate surface area is 303 Å². The van der Waals surface area contributed by atoms with Gasteiger partial charge in [-0.15, -0.1) is 22.7 Å². The number of esters is 2. The molecule has 3 aromatic carbocycles. The van der Waals surface area contributed by atoms with Crippen LogP contribution >= 0.6 is 38.6 Å². The van der Waals surface area contributed by atoms with Crippen molar-refractivity contribution in [2.45, 2.75) is 20.3 Å². The van der Waals surface area contributed by atoms with Crippen molar-refractivity contribution in [2.75, 3.05) is 13.2 Å². The number of halogens is 1. The molecule has 0 atom stereocenters. The first-order valence-corrected chi connectivity index (χ1v) is 17.9. The zero-order valence-corrected chi connectivity index (χ0v) is 30.0. The number of fused-ring (bicyclic) bond motifs is 2. The van der Waals surface area contributed by atoms with Crippen LogP contribution in [0.5, 0.6) is 11.5 Å². The molecule has 252 valence electrons. The van der Waals surface area contributed by atoms with Gasteiger partial charge in [0, 0.05) is 17.5 Å². The van der Waals surface area contributed by atoms with E-state index in [1.807, 2.05) is 91.0 Å². The van der Waals surface area contributed by atoms with Gasteiger partial charge < -0.3 is 19.7 Å². The van der Waals surface area contributed by atoms with E-state index in [1.54, 1.807) is 13.8 Å². The molecule has 0 radical (unpaired) electrons. The van der Waals surface area contributed by atoms with Crippen LogP contribution in [0.3, 0.4) is 0 Å². The summed E-state index contributed by atoms with van der Waals surface area (Å²) in [5.41, 5.74) is 4.14. The van der Waals surface area contributed by atoms with Gasteiger partial charge in [0.05, 0.1) is 28.3 Å². The summed E-state index contributed by atoms with van der Waals surface area (Å²) < 4.78 is 11.9. The van der Waals surface area contributed by atoms with Crippen LogP contribution in [0, 0.1) is 0 Å². The number of rotatable bonds is 8. The maximum atomic E-state index is 12.3. The van der Waals surface area contributed by atoms with Crippen molar-refractivity contribution in [1.82, 2.24) is 19.9 Å². The summed E-state index contributed by atoms with van der Waals surface area (Å²) in [6.45, 7) is 3.83. The first-order chi connectivity index (χ1) is 24.3. The number of carbonyl (C=O) groups excluding carboxylic acids is 2. The Bertz CT molecular complexity index is 2300. The fourth-order valence-electron chi connectivity index (χ4n) is 4.96. The number of pyridine rings is 2. The lowest BCUT2D eigenvalue weighted by atomic mass is 10.1. The Balaban J connectivity index is 0.000000178. The van der Waals surface area contributed by atoms with Crippen LogP contribution in [-0.2, 0) is 15.9 Å². The van der Waals surface area contributed by atoms with Crippen molar-refractivity contribution >= 4 is 71.0 Å². The lowest BCUT2D eigenvalue weighted by molar-refractivity contribution is 0.0506. The van der Waals surface area contributed by atoms with E-state index in [-0.39, 0.29) is 36.1 Å². The van der Waals surface area contributed by atoms with E-state index in [0.717, 1.165) is 31.4 Å². The summed E-state index contributed by atoms with van der Waals surface area (Å²) >= 11 is 6.18. The molecule has 0 spiro atoms. The molecule has 7 aromatic rings. The van der Waals surface area contributed by atoms with E-state index in [9.17, 15) is 19.8 Å². The molecule has 0 unspecified atom stereocenters. The van der Waals surface area contributed by atoms with Gasteiger partial charge in [-0.3, -0.25) is 0 Å². The first kappa shape index (κ1) is 34.6. The molecule has 0 aliphatic heterocycles. The third kappa shape index (κ3) is 7.34. The second-order valence-electron chi connectivity index (χ2n) is 10.6. The molecule has 4 heterocycles. The minimum Gasteiger partial charge on any atom is -0.504 e. The number of carbonyl (C=O) groups is 2. The van der Waals surface area contributed by atoms with E-state index in [1.165, 1.54) is 22.7 Å². The highest BCUT2D eigenvalue weighted by Crippen LogP contribution is 2.40. The smallest absolute Gasteiger partial charge is 0.360 e. The monoisotopic (exact) mass is 768 g/mol. The van der Waals surface area contributed by atoms with Crippen molar-refractivity contribution in [3.63, 3.8) is 0 Å². The normalized spacial score (nSPS) is 10.9. The highest BCUT2D eigenvalue weighted by atomic mass is 79.9. The molecule has 0 aliphatic carbocycles. The zero-order valence-electron chi connectivity index (χ0n) is 26.8. The van der Waals surface area contributed by atoms with Crippen LogP contribution in [0.4, 0.5) is 0 Å². The largest absolute Gasteiger partial charge is 0.504 e. The molecule has 0 saturated heterocycles. The highest BCUT2D eigenvalue weighted by molar-refractivity contribution is 9.10. The molecule has 0 aliphatic rings. The van der Waals surface area contributed by atoms with E-state index < -0.39 is 11.9 Å². The number of aromatic hydroxyl groups is 2. The van der Waals surface area contributed by atoms with Crippen LogP contribution in [0.2, 0.25) is 0 Å². The maximum Gasteiger partial charge on any atom is 0.360 e. The second-order valence-corrected chi connectivity index (χ2v) is 13.3. The second kappa shape index (κ2) is 15.5. The topological polar surface area (TPSA) is 145 Å². The molecule has 0 bridgehead atoms. The predicted octanol–water partition coefficient (Wildman–Crippen LogP) is 8.83. The number of thiazole rings is 2. The lowest BCUT2D eigenvalue weighted by Crippen LogP contribution is -2.09. The molecule has 0 amide bonds. The fourth-order valence-corrected chi connectivity index (χ4v) is 7.58. The number of nitrogens with zero attached hydrogens (tertiary/aromatic N) is 4. The van der Waals surface area contributed by atoms with Gasteiger partial charge in [-0.05, 0) is 35.3 Å². The summed E-state index contributed by atoms with van der Waals surface area (Å²) in [7, 11) is 0. The van der Waals surface area contributed by atoms with Gasteiger partial charge in [-0.2, -0.15) is 0 Å². The highest BCUT2D eigenvalue weighted by Gasteiger charge is 2.25. The van der Waals surface area contributed by atoms with E-state index in [2.05, 4.69) is 35.9 Å². The minimum absolute atomic E-state index is 0.0924. The van der Waals surface area contributed by atoms with Crippen LogP contribution in [0.25, 0.3) is 41.6 Å². The summed E-state index contributed by atoms with van der Waals surface area (Å²) in [6, 6.07) is 29.2. The zero-order chi connectivity index (χ0) is 35.2. The average molecular weight is 770 g/mol. The standard InChI is InChI=1S/C22H18N2O3S.C15H11BrN2O3S/c1-2-27-22(26)18-19(25)17-20(16(23-18)13-14-9-5-3-6-10-14)28-21(24-17)15-11-7-4-8-12-15;1-2-21-15(20)10-11(19)9-12(13(16)17-10)22-14(18-9)8-6-4-3-5-7-8/h3-12,25H,2,13H2,1H3;3-7,19H,2H2,1H3. The lowest BCUT2D eigenvalue weighted by Gasteiger charge is -2.08. The number of hydrogen-bond acceptors (Lipinski definition) is 12. The van der Waals surface area contributed by atoms with Crippen LogP contribution in [0.15, 0.2) is 95.6 Å². The summed E-state index contributed by atoms with van der Waals surface area (Å²) in [5, 5.41) is 22.5. The average Bonchev–Trinajstić information content (AvgIpc) is 3.80. The molecule has 50 heavy (non-hydrogen) atoms. The molecule has 0 saturated carbocycles. The maximum absolute atomic E-state index is 12.3. The molecule has 4 aromatic heterocycles. The van der Waals surface area contributed by atoms with Gasteiger partial charge in [0.1, 0.15) is 25.7 Å². The van der Waals surface area contributed by atoms with E-state index in [0.29, 0.717) is 32.5 Å². The molecular formula is C37H29BrN4O6S2. The van der Waals surface area contributed by atoms with Crippen molar-refractivity contribution < 1.29 is 29.3 Å². The third-order valence-corrected chi connectivity index (χ3v) is 10.4. The summed E-state index contributed by atoms with van der Waals surface area (Å²) in [6.07, 6.45) is 0.528. The van der Waals surface area contributed by atoms with E-state index in [4.69, 9.17) is 9.47 Å². The Kier molecular flexibility index (Phi) is 10.8. The Morgan fingerprint density at radius 2 is 1.08 bits per heavy atom. The predicted molar refractivity (Wildman–Crippen MR) is 198 cm³/mol. The molecular weight excluding hydrogens is 740 g/mol. The number of hydrogen-bond donors (Lipinski definition) is 2. The quantitative estimate of drug-likeness (QED) is 0.114. The van der Waals surface area contributed by atoms with Crippen molar-refractivity contribution in [2.24, 2.45) is 0 Å². The van der Waals surface area contributed by atoms with Gasteiger partial charge in [0.2, 0.25) is 0 Å². The summed E-state index contributed by atoms with van der Waals surface area (Å²) in [5.74, 6) is -1.80. The number of benzene rings is 3. The van der Waals surface area contributed by atoms with Gasteiger partial charge in [-0.1, -0.05) is 91.0 Å². The van der Waals surface area contributed by atoms with E-state index >= 15 is 0 Å². The number of ether oxygens (including phenoxy) is 2. The van der Waals surface area contributed by atoms with Crippen LogP contribution in [0.1, 0.15) is 46.1 Å². The van der Waals surface area contributed by atoms with Crippen LogP contribution < -0.4 is 0 Å². The first-order valence-electron chi connectivity index (χ1n) is 15.5. The molecule has 10 nitrogen and oxygen atoms in total. The van der Waals surface area contributed by atoms with Crippen molar-refractivity contribution in [3.05, 3.63) is 118 Å². The Morgan fingerprint density at radius 1 is 0.640 bits per heavy atom. The molecule has 7 rings (SSSR count).